The molecule has 8 nitrogen and oxygen atoms in total. The third-order valence-electron chi connectivity index (χ3n) is 3.30. The molecule has 2 aliphatic heterocycles. The number of nitrogens with zero attached hydrogens (tertiary/aromatic N) is 1. The van der Waals surface area contributed by atoms with Crippen molar-refractivity contribution in [3.63, 3.8) is 0 Å². The first-order chi connectivity index (χ1) is 8.98. The number of carbonyl (C=O) groups excluding carboxylic acids is 3. The van der Waals surface area contributed by atoms with E-state index >= 15 is 0 Å². The zero-order chi connectivity index (χ0) is 14.0. The number of rotatable bonds is 3. The summed E-state index contributed by atoms with van der Waals surface area (Å²) in [5.74, 6) is -1.05. The van der Waals surface area contributed by atoms with Crippen molar-refractivity contribution >= 4 is 17.8 Å². The molecule has 2 saturated heterocycles. The van der Waals surface area contributed by atoms with Gasteiger partial charge in [0.15, 0.2) is 6.10 Å². The minimum Gasteiger partial charge on any atom is -0.376 e. The normalized spacial score (nSPS) is 31.3. The molecule has 2 N–H and O–H groups in total. The molecule has 0 aliphatic carbocycles. The Bertz CT molecular complexity index is 407. The highest BCUT2D eigenvalue weighted by molar-refractivity contribution is 6.07. The van der Waals surface area contributed by atoms with Crippen LogP contribution in [0.4, 0.5) is 4.79 Å². The highest BCUT2D eigenvalue weighted by Crippen LogP contribution is 2.19. The molecule has 2 heterocycles. The SMILES string of the molecule is CCC1(C)NC(=O)N(NC(=O)C2COCCO2)C1=O. The zero-order valence-corrected chi connectivity index (χ0v) is 10.9. The molecule has 4 amide bonds. The number of hydrogen-bond donors (Lipinski definition) is 2. The topological polar surface area (TPSA) is 97.0 Å². The van der Waals surface area contributed by atoms with E-state index in [-0.39, 0.29) is 6.61 Å². The van der Waals surface area contributed by atoms with Crippen LogP contribution in [0.25, 0.3) is 0 Å². The van der Waals surface area contributed by atoms with Crippen LogP contribution in [0, 0.1) is 0 Å². The van der Waals surface area contributed by atoms with Gasteiger partial charge >= 0.3 is 6.03 Å². The van der Waals surface area contributed by atoms with E-state index in [4.69, 9.17) is 9.47 Å². The van der Waals surface area contributed by atoms with Crippen molar-refractivity contribution in [2.75, 3.05) is 19.8 Å². The van der Waals surface area contributed by atoms with E-state index in [1.807, 2.05) is 0 Å². The van der Waals surface area contributed by atoms with Crippen molar-refractivity contribution in [3.8, 4) is 0 Å². The molecule has 0 saturated carbocycles. The second kappa shape index (κ2) is 5.14. The molecule has 19 heavy (non-hydrogen) atoms. The van der Waals surface area contributed by atoms with Gasteiger partial charge in [0.05, 0.1) is 19.8 Å². The van der Waals surface area contributed by atoms with E-state index in [1.165, 1.54) is 0 Å². The van der Waals surface area contributed by atoms with Crippen molar-refractivity contribution in [1.29, 1.82) is 0 Å². The van der Waals surface area contributed by atoms with Crippen molar-refractivity contribution in [2.45, 2.75) is 31.9 Å². The number of hydrogen-bond acceptors (Lipinski definition) is 5. The maximum atomic E-state index is 12.0. The molecule has 8 heteroatoms. The van der Waals surface area contributed by atoms with E-state index in [1.54, 1.807) is 13.8 Å². The van der Waals surface area contributed by atoms with Crippen molar-refractivity contribution in [2.24, 2.45) is 0 Å². The number of urea groups is 1. The summed E-state index contributed by atoms with van der Waals surface area (Å²) in [5, 5.41) is 3.24. The lowest BCUT2D eigenvalue weighted by Gasteiger charge is -2.24. The van der Waals surface area contributed by atoms with Crippen LogP contribution in [0.1, 0.15) is 20.3 Å². The first-order valence-electron chi connectivity index (χ1n) is 6.14. The number of ether oxygens (including phenoxy) is 2. The lowest BCUT2D eigenvalue weighted by Crippen LogP contribution is -2.53. The number of carbonyl (C=O) groups is 3. The number of amides is 4. The smallest absolute Gasteiger partial charge is 0.344 e. The second-order valence-electron chi connectivity index (χ2n) is 4.67. The summed E-state index contributed by atoms with van der Waals surface area (Å²) in [4.78, 5) is 35.6. The predicted octanol–water partition coefficient (Wildman–Crippen LogP) is -0.846. The Morgan fingerprint density at radius 3 is 2.79 bits per heavy atom. The molecule has 2 atom stereocenters. The van der Waals surface area contributed by atoms with Crippen LogP contribution in [0.15, 0.2) is 0 Å². The van der Waals surface area contributed by atoms with Gasteiger partial charge < -0.3 is 14.8 Å². The summed E-state index contributed by atoms with van der Waals surface area (Å²) in [6.07, 6.45) is -0.365. The Labute approximate surface area is 110 Å². The van der Waals surface area contributed by atoms with Crippen molar-refractivity contribution < 1.29 is 23.9 Å². The largest absolute Gasteiger partial charge is 0.376 e. The maximum Gasteiger partial charge on any atom is 0.344 e. The first kappa shape index (κ1) is 13.8. The first-order valence-corrected chi connectivity index (χ1v) is 6.14. The molecular weight excluding hydrogens is 254 g/mol. The van der Waals surface area contributed by atoms with Gasteiger partial charge in [-0.05, 0) is 13.3 Å². The van der Waals surface area contributed by atoms with Crippen LogP contribution in [0.5, 0.6) is 0 Å². The Morgan fingerprint density at radius 2 is 2.26 bits per heavy atom. The molecule has 0 spiro atoms. The highest BCUT2D eigenvalue weighted by Gasteiger charge is 2.48. The van der Waals surface area contributed by atoms with Crippen molar-refractivity contribution in [3.05, 3.63) is 0 Å². The Morgan fingerprint density at radius 1 is 1.53 bits per heavy atom. The third-order valence-corrected chi connectivity index (χ3v) is 3.30. The van der Waals surface area contributed by atoms with E-state index in [9.17, 15) is 14.4 Å². The average Bonchev–Trinajstić information content (AvgIpc) is 2.64. The van der Waals surface area contributed by atoms with Crippen molar-refractivity contribution in [1.82, 2.24) is 15.8 Å². The molecule has 0 radical (unpaired) electrons. The van der Waals surface area contributed by atoms with E-state index in [0.29, 0.717) is 24.6 Å². The molecule has 0 aromatic rings. The van der Waals surface area contributed by atoms with E-state index in [2.05, 4.69) is 10.7 Å². The average molecular weight is 271 g/mol. The maximum absolute atomic E-state index is 12.0. The lowest BCUT2D eigenvalue weighted by atomic mass is 10.00. The Kier molecular flexibility index (Phi) is 3.72. The fraction of sp³-hybridized carbons (Fsp3) is 0.727. The summed E-state index contributed by atoms with van der Waals surface area (Å²) >= 11 is 0. The Balaban J connectivity index is 2.00. The third kappa shape index (κ3) is 2.54. The number of nitrogens with one attached hydrogen (secondary N) is 2. The monoisotopic (exact) mass is 271 g/mol. The van der Waals surface area contributed by atoms with Gasteiger partial charge in [-0.1, -0.05) is 6.92 Å². The van der Waals surface area contributed by atoms with E-state index < -0.39 is 29.5 Å². The molecular formula is C11H17N3O5. The summed E-state index contributed by atoms with van der Waals surface area (Å²) in [5.41, 5.74) is 1.29. The molecule has 2 rings (SSSR count). The van der Waals surface area contributed by atoms with Gasteiger partial charge in [0.2, 0.25) is 0 Å². The number of hydrazine groups is 1. The summed E-state index contributed by atoms with van der Waals surface area (Å²) in [6.45, 7) is 4.24. The van der Waals surface area contributed by atoms with Crippen LogP contribution in [0.2, 0.25) is 0 Å². The fourth-order valence-electron chi connectivity index (χ4n) is 1.85. The molecule has 106 valence electrons. The van der Waals surface area contributed by atoms with Gasteiger partial charge in [-0.3, -0.25) is 15.0 Å². The van der Waals surface area contributed by atoms with Crippen LogP contribution in [-0.2, 0) is 19.1 Å². The van der Waals surface area contributed by atoms with Crippen LogP contribution in [-0.4, -0.2) is 54.3 Å². The van der Waals surface area contributed by atoms with Gasteiger partial charge in [0.1, 0.15) is 5.54 Å². The van der Waals surface area contributed by atoms with Gasteiger partial charge in [0, 0.05) is 0 Å². The minimum atomic E-state index is -0.978. The molecule has 2 fully saturated rings. The quantitative estimate of drug-likeness (QED) is 0.652. The predicted molar refractivity (Wildman–Crippen MR) is 62.8 cm³/mol. The summed E-state index contributed by atoms with van der Waals surface area (Å²) < 4.78 is 10.3. The van der Waals surface area contributed by atoms with Gasteiger partial charge in [-0.2, -0.15) is 5.01 Å². The molecule has 0 bridgehead atoms. The van der Waals surface area contributed by atoms with E-state index in [0.717, 1.165) is 0 Å². The fourth-order valence-corrected chi connectivity index (χ4v) is 1.85. The highest BCUT2D eigenvalue weighted by atomic mass is 16.6. The summed E-state index contributed by atoms with van der Waals surface area (Å²) in [7, 11) is 0. The molecule has 0 aromatic heterocycles. The van der Waals surface area contributed by atoms with Crippen LogP contribution >= 0.6 is 0 Å². The molecule has 0 aromatic carbocycles. The standard InChI is InChI=1S/C11H17N3O5/c1-3-11(2)9(16)14(10(17)12-11)13-8(15)7-6-18-4-5-19-7/h7H,3-6H2,1-2H3,(H,12,17)(H,13,15). The lowest BCUT2D eigenvalue weighted by molar-refractivity contribution is -0.154. The zero-order valence-electron chi connectivity index (χ0n) is 10.9. The molecule has 2 aliphatic rings. The van der Waals surface area contributed by atoms with Gasteiger partial charge in [-0.25, -0.2) is 4.79 Å². The summed E-state index contributed by atoms with van der Waals surface area (Å²) in [6, 6.07) is -0.639. The van der Waals surface area contributed by atoms with Gasteiger partial charge in [-0.15, -0.1) is 0 Å². The van der Waals surface area contributed by atoms with Crippen LogP contribution in [0.3, 0.4) is 0 Å². The number of imide groups is 1. The molecule has 2 unspecified atom stereocenters. The second-order valence-corrected chi connectivity index (χ2v) is 4.67. The Hall–Kier alpha value is -1.67. The van der Waals surface area contributed by atoms with Crippen LogP contribution < -0.4 is 10.7 Å². The minimum absolute atomic E-state index is 0.112. The van der Waals surface area contributed by atoms with Gasteiger partial charge in [0.25, 0.3) is 11.8 Å².